The summed E-state index contributed by atoms with van der Waals surface area (Å²) >= 11 is 0. The number of carbonyl (C=O) groups is 1. The van der Waals surface area contributed by atoms with Gasteiger partial charge in [0.2, 0.25) is 0 Å². The van der Waals surface area contributed by atoms with E-state index in [1.165, 1.54) is 32.1 Å². The fraction of sp³-hybridized carbons (Fsp3) is 0.882. The monoisotopic (exact) mass is 294 g/mol. The van der Waals surface area contributed by atoms with Gasteiger partial charge >= 0.3 is 0 Å². The van der Waals surface area contributed by atoms with Gasteiger partial charge in [-0.15, -0.1) is 0 Å². The molecule has 1 aliphatic heterocycles. The molecule has 0 aromatic carbocycles. The van der Waals surface area contributed by atoms with Crippen molar-refractivity contribution in [2.75, 3.05) is 6.54 Å². The van der Waals surface area contributed by atoms with Gasteiger partial charge in [-0.1, -0.05) is 32.1 Å². The Morgan fingerprint density at radius 1 is 1.24 bits per heavy atom. The molecule has 21 heavy (non-hydrogen) atoms. The van der Waals surface area contributed by atoms with E-state index in [2.05, 4.69) is 5.32 Å². The van der Waals surface area contributed by atoms with Crippen molar-refractivity contribution >= 4 is 11.6 Å². The van der Waals surface area contributed by atoms with E-state index in [9.17, 15) is 9.90 Å². The number of nitrogens with zero attached hydrogens (tertiary/aromatic N) is 1. The normalized spacial score (nSPS) is 24.5. The number of rotatable bonds is 5. The standard InChI is InChI=1S/C17H30N2O2/c1-17(2,21)12-18-16(20)15-10-6-9-14(19-15)11-13-7-4-3-5-8-13/h13-14,21H,3-12H2,1-2H3,(H,18,20). The first-order valence-corrected chi connectivity index (χ1v) is 8.51. The van der Waals surface area contributed by atoms with Gasteiger partial charge in [0.1, 0.15) is 0 Å². The molecular formula is C17H30N2O2. The van der Waals surface area contributed by atoms with Gasteiger partial charge in [-0.3, -0.25) is 9.79 Å². The fourth-order valence-electron chi connectivity index (χ4n) is 3.40. The van der Waals surface area contributed by atoms with Crippen LogP contribution in [0.5, 0.6) is 0 Å². The molecule has 0 aromatic rings. The topological polar surface area (TPSA) is 61.7 Å². The summed E-state index contributed by atoms with van der Waals surface area (Å²) in [6, 6.07) is 0.338. The molecule has 0 saturated heterocycles. The van der Waals surface area contributed by atoms with Crippen LogP contribution in [0.4, 0.5) is 0 Å². The average molecular weight is 294 g/mol. The molecular weight excluding hydrogens is 264 g/mol. The van der Waals surface area contributed by atoms with Crippen molar-refractivity contribution in [1.29, 1.82) is 0 Å². The van der Waals surface area contributed by atoms with E-state index in [-0.39, 0.29) is 12.5 Å². The molecule has 1 aliphatic carbocycles. The Hall–Kier alpha value is -0.900. The summed E-state index contributed by atoms with van der Waals surface area (Å²) in [5.41, 5.74) is -0.182. The second kappa shape index (κ2) is 7.39. The Balaban J connectivity index is 1.85. The summed E-state index contributed by atoms with van der Waals surface area (Å²) in [6.45, 7) is 3.67. The smallest absolute Gasteiger partial charge is 0.265 e. The highest BCUT2D eigenvalue weighted by molar-refractivity contribution is 6.39. The van der Waals surface area contributed by atoms with E-state index in [1.807, 2.05) is 0 Å². The highest BCUT2D eigenvalue weighted by Crippen LogP contribution is 2.30. The summed E-state index contributed by atoms with van der Waals surface area (Å²) in [7, 11) is 0. The maximum absolute atomic E-state index is 12.1. The molecule has 2 rings (SSSR count). The van der Waals surface area contributed by atoms with Crippen molar-refractivity contribution in [1.82, 2.24) is 5.32 Å². The van der Waals surface area contributed by atoms with Gasteiger partial charge in [-0.05, 0) is 45.4 Å². The SMILES string of the molecule is CC(C)(O)CNC(=O)C1=NC(CC2CCCCC2)CCC1. The molecule has 0 bridgehead atoms. The second-order valence-electron chi connectivity index (χ2n) is 7.36. The van der Waals surface area contributed by atoms with Gasteiger partial charge in [0.25, 0.3) is 5.91 Å². The lowest BCUT2D eigenvalue weighted by molar-refractivity contribution is -0.116. The molecule has 0 spiro atoms. The van der Waals surface area contributed by atoms with Crippen molar-refractivity contribution < 1.29 is 9.90 Å². The Bertz CT molecular complexity index is 379. The zero-order valence-electron chi connectivity index (χ0n) is 13.5. The molecule has 4 nitrogen and oxygen atoms in total. The largest absolute Gasteiger partial charge is 0.389 e. The van der Waals surface area contributed by atoms with Crippen LogP contribution in [0.25, 0.3) is 0 Å². The number of aliphatic imine (C=N–C) groups is 1. The number of hydrogen-bond acceptors (Lipinski definition) is 3. The quantitative estimate of drug-likeness (QED) is 0.819. The summed E-state index contributed by atoms with van der Waals surface area (Å²) in [5, 5.41) is 12.5. The van der Waals surface area contributed by atoms with Gasteiger partial charge in [-0.2, -0.15) is 0 Å². The number of nitrogens with one attached hydrogen (secondary N) is 1. The Morgan fingerprint density at radius 3 is 2.62 bits per heavy atom. The van der Waals surface area contributed by atoms with Crippen molar-refractivity contribution in [2.45, 2.75) is 83.3 Å². The Labute approximate surface area is 128 Å². The number of carbonyl (C=O) groups excluding carboxylic acids is 1. The lowest BCUT2D eigenvalue weighted by atomic mass is 9.83. The van der Waals surface area contributed by atoms with Crippen LogP contribution in [0.2, 0.25) is 0 Å². The molecule has 4 heteroatoms. The molecule has 1 fully saturated rings. The summed E-state index contributed by atoms with van der Waals surface area (Å²) in [5.74, 6) is 0.719. The summed E-state index contributed by atoms with van der Waals surface area (Å²) in [4.78, 5) is 16.8. The van der Waals surface area contributed by atoms with Crippen molar-refractivity contribution in [2.24, 2.45) is 10.9 Å². The third-order valence-corrected chi connectivity index (χ3v) is 4.56. The maximum atomic E-state index is 12.1. The molecule has 0 radical (unpaired) electrons. The van der Waals surface area contributed by atoms with Crippen LogP contribution in [0.1, 0.15) is 71.6 Å². The number of hydrogen-bond donors (Lipinski definition) is 2. The van der Waals surface area contributed by atoms with E-state index >= 15 is 0 Å². The number of aliphatic hydroxyl groups is 1. The van der Waals surface area contributed by atoms with E-state index in [4.69, 9.17) is 4.99 Å². The van der Waals surface area contributed by atoms with Crippen LogP contribution in [0.3, 0.4) is 0 Å². The molecule has 2 N–H and O–H groups in total. The molecule has 120 valence electrons. The van der Waals surface area contributed by atoms with Gasteiger partial charge in [-0.25, -0.2) is 0 Å². The average Bonchev–Trinajstić information content (AvgIpc) is 2.45. The minimum absolute atomic E-state index is 0.0922. The molecule has 1 atom stereocenters. The first-order chi connectivity index (χ1) is 9.94. The van der Waals surface area contributed by atoms with Crippen LogP contribution in [-0.2, 0) is 4.79 Å². The molecule has 1 heterocycles. The molecule has 1 unspecified atom stereocenters. The first kappa shape index (κ1) is 16.5. The molecule has 1 amide bonds. The molecule has 2 aliphatic rings. The van der Waals surface area contributed by atoms with E-state index in [0.29, 0.717) is 11.8 Å². The lowest BCUT2D eigenvalue weighted by Gasteiger charge is -2.27. The van der Waals surface area contributed by atoms with Gasteiger partial charge in [0, 0.05) is 6.54 Å². The fourth-order valence-corrected chi connectivity index (χ4v) is 3.40. The lowest BCUT2D eigenvalue weighted by Crippen LogP contribution is -2.42. The van der Waals surface area contributed by atoms with Gasteiger partial charge in [0.15, 0.2) is 0 Å². The highest BCUT2D eigenvalue weighted by atomic mass is 16.3. The zero-order valence-corrected chi connectivity index (χ0v) is 13.5. The van der Waals surface area contributed by atoms with Gasteiger partial charge in [0.05, 0.1) is 17.4 Å². The third-order valence-electron chi connectivity index (χ3n) is 4.56. The van der Waals surface area contributed by atoms with E-state index < -0.39 is 5.60 Å². The van der Waals surface area contributed by atoms with Crippen LogP contribution < -0.4 is 5.32 Å². The minimum atomic E-state index is -0.869. The maximum Gasteiger partial charge on any atom is 0.265 e. The number of amides is 1. The van der Waals surface area contributed by atoms with Crippen molar-refractivity contribution in [3.63, 3.8) is 0 Å². The highest BCUT2D eigenvalue weighted by Gasteiger charge is 2.24. The Morgan fingerprint density at radius 2 is 1.95 bits per heavy atom. The van der Waals surface area contributed by atoms with Crippen LogP contribution >= 0.6 is 0 Å². The van der Waals surface area contributed by atoms with Crippen molar-refractivity contribution in [3.05, 3.63) is 0 Å². The van der Waals surface area contributed by atoms with Crippen LogP contribution in [0, 0.1) is 5.92 Å². The predicted molar refractivity (Wildman–Crippen MR) is 85.6 cm³/mol. The van der Waals surface area contributed by atoms with E-state index in [1.54, 1.807) is 13.8 Å². The zero-order chi connectivity index (χ0) is 15.3. The summed E-state index contributed by atoms with van der Waals surface area (Å²) < 4.78 is 0. The third kappa shape index (κ3) is 5.77. The predicted octanol–water partition coefficient (Wildman–Crippen LogP) is 2.84. The van der Waals surface area contributed by atoms with Crippen LogP contribution in [-0.4, -0.2) is 34.9 Å². The first-order valence-electron chi connectivity index (χ1n) is 8.51. The van der Waals surface area contributed by atoms with E-state index in [0.717, 1.165) is 31.6 Å². The molecule has 0 aromatic heterocycles. The minimum Gasteiger partial charge on any atom is -0.389 e. The summed E-state index contributed by atoms with van der Waals surface area (Å²) in [6.07, 6.45) is 10.9. The van der Waals surface area contributed by atoms with Gasteiger partial charge < -0.3 is 10.4 Å². The van der Waals surface area contributed by atoms with Crippen molar-refractivity contribution in [3.8, 4) is 0 Å². The molecule has 1 saturated carbocycles. The Kier molecular flexibility index (Phi) is 5.80. The second-order valence-corrected chi connectivity index (χ2v) is 7.36. The van der Waals surface area contributed by atoms with Crippen LogP contribution in [0.15, 0.2) is 4.99 Å².